The maximum absolute atomic E-state index is 14.0. The molecule has 156 valence electrons. The van der Waals surface area contributed by atoms with E-state index in [9.17, 15) is 18.8 Å². The van der Waals surface area contributed by atoms with Crippen LogP contribution in [0.1, 0.15) is 30.0 Å². The minimum atomic E-state index is -0.616. The van der Waals surface area contributed by atoms with Crippen LogP contribution in [-0.4, -0.2) is 17.7 Å². The Kier molecular flexibility index (Phi) is 6.58. The zero-order valence-electron chi connectivity index (χ0n) is 16.2. The third kappa shape index (κ3) is 4.71. The number of anilines is 1. The molecular weight excluding hydrogens is 477 g/mol. The van der Waals surface area contributed by atoms with E-state index in [2.05, 4.69) is 26.8 Å². The van der Waals surface area contributed by atoms with Crippen molar-refractivity contribution in [2.24, 2.45) is 0 Å². The van der Waals surface area contributed by atoms with E-state index in [1.54, 1.807) is 37.3 Å². The molecule has 6 nitrogen and oxygen atoms in total. The minimum absolute atomic E-state index is 0.101. The number of hydrogen-bond acceptors (Lipinski definition) is 3. The van der Waals surface area contributed by atoms with E-state index in [1.165, 1.54) is 17.9 Å². The highest BCUT2D eigenvalue weighted by Gasteiger charge is 2.30. The summed E-state index contributed by atoms with van der Waals surface area (Å²) in [5.74, 6) is -1.80. The molecule has 2 aromatic carbocycles. The Balaban J connectivity index is 2.03. The van der Waals surface area contributed by atoms with Gasteiger partial charge in [0.05, 0.1) is 18.7 Å². The van der Waals surface area contributed by atoms with Crippen LogP contribution in [0.2, 0.25) is 5.02 Å². The summed E-state index contributed by atoms with van der Waals surface area (Å²) in [6, 6.07) is 9.72. The molecule has 1 aliphatic rings. The average Bonchev–Trinajstić information content (AvgIpc) is 2.79. The van der Waals surface area contributed by atoms with Crippen LogP contribution >= 0.6 is 27.5 Å². The maximum Gasteiger partial charge on any atom is 0.267 e. The number of aryl methyl sites for hydroxylation is 1. The fourth-order valence-electron chi connectivity index (χ4n) is 3.03. The number of carbonyl (C=O) groups excluding carboxylic acids is 3. The topological polar surface area (TPSA) is 78.5 Å². The van der Waals surface area contributed by atoms with Crippen molar-refractivity contribution in [2.45, 2.75) is 26.8 Å². The molecule has 3 rings (SSSR count). The molecule has 0 fully saturated rings. The predicted molar refractivity (Wildman–Crippen MR) is 116 cm³/mol. The summed E-state index contributed by atoms with van der Waals surface area (Å²) in [5.41, 5.74) is 6.80. The minimum Gasteiger partial charge on any atom is -0.307 e. The molecule has 0 bridgehead atoms. The second kappa shape index (κ2) is 8.97. The number of amides is 3. The third-order valence-corrected chi connectivity index (χ3v) is 5.73. The van der Waals surface area contributed by atoms with Crippen LogP contribution in [0.5, 0.6) is 0 Å². The first-order valence-corrected chi connectivity index (χ1v) is 10.2. The number of carbonyl (C=O) groups is 3. The van der Waals surface area contributed by atoms with Crippen molar-refractivity contribution in [3.8, 4) is 0 Å². The summed E-state index contributed by atoms with van der Waals surface area (Å²) < 4.78 is 14.4. The molecule has 0 unspecified atom stereocenters. The van der Waals surface area contributed by atoms with Gasteiger partial charge in [-0.15, -0.1) is 0 Å². The van der Waals surface area contributed by atoms with Crippen LogP contribution < -0.4 is 15.8 Å². The monoisotopic (exact) mass is 493 g/mol. The van der Waals surface area contributed by atoms with Crippen LogP contribution in [0.15, 0.2) is 42.0 Å². The normalized spacial score (nSPS) is 13.6. The van der Waals surface area contributed by atoms with Gasteiger partial charge in [-0.2, -0.15) is 0 Å². The van der Waals surface area contributed by atoms with Crippen molar-refractivity contribution in [3.05, 3.63) is 69.5 Å². The molecule has 2 N–H and O–H groups in total. The highest BCUT2D eigenvalue weighted by molar-refractivity contribution is 9.15. The summed E-state index contributed by atoms with van der Waals surface area (Å²) in [5, 5.41) is 0.410. The Morgan fingerprint density at radius 1 is 1.20 bits per heavy atom. The third-order valence-electron chi connectivity index (χ3n) is 4.58. The van der Waals surface area contributed by atoms with Gasteiger partial charge in [0.2, 0.25) is 11.8 Å². The SMILES string of the molecule is CC(=O)NNC(=O)C1=C(Br)c2ccc(Cl)cc2N(Cc2ccc(C)c(F)c2)C(=O)C1. The molecule has 2 aromatic rings. The number of benzene rings is 2. The number of hydrogen-bond donors (Lipinski definition) is 2. The summed E-state index contributed by atoms with van der Waals surface area (Å²) in [6.07, 6.45) is -0.230. The molecule has 9 heteroatoms. The van der Waals surface area contributed by atoms with E-state index in [0.29, 0.717) is 31.9 Å². The van der Waals surface area contributed by atoms with E-state index in [4.69, 9.17) is 11.6 Å². The van der Waals surface area contributed by atoms with Gasteiger partial charge in [0.25, 0.3) is 5.91 Å². The zero-order chi connectivity index (χ0) is 22.0. The lowest BCUT2D eigenvalue weighted by molar-refractivity contribution is -0.126. The van der Waals surface area contributed by atoms with Crippen molar-refractivity contribution in [1.82, 2.24) is 10.9 Å². The van der Waals surface area contributed by atoms with Crippen molar-refractivity contribution in [1.29, 1.82) is 0 Å². The average molecular weight is 495 g/mol. The highest BCUT2D eigenvalue weighted by Crippen LogP contribution is 2.40. The lowest BCUT2D eigenvalue weighted by atomic mass is 10.1. The lowest BCUT2D eigenvalue weighted by Crippen LogP contribution is -2.41. The quantitative estimate of drug-likeness (QED) is 0.633. The molecule has 0 aliphatic carbocycles. The Bertz CT molecular complexity index is 1090. The predicted octanol–water partition coefficient (Wildman–Crippen LogP) is 4.00. The Labute approximate surface area is 186 Å². The van der Waals surface area contributed by atoms with E-state index >= 15 is 0 Å². The molecule has 30 heavy (non-hydrogen) atoms. The summed E-state index contributed by atoms with van der Waals surface area (Å²) in [6.45, 7) is 3.01. The van der Waals surface area contributed by atoms with Gasteiger partial charge >= 0.3 is 0 Å². The molecule has 0 aromatic heterocycles. The number of fused-ring (bicyclic) bond motifs is 1. The highest BCUT2D eigenvalue weighted by atomic mass is 79.9. The van der Waals surface area contributed by atoms with E-state index in [1.807, 2.05) is 0 Å². The molecule has 1 heterocycles. The molecule has 0 atom stereocenters. The van der Waals surface area contributed by atoms with E-state index < -0.39 is 11.8 Å². The fraction of sp³-hybridized carbons (Fsp3) is 0.190. The van der Waals surface area contributed by atoms with Gasteiger partial charge in [0, 0.05) is 27.6 Å². The molecule has 1 aliphatic heterocycles. The van der Waals surface area contributed by atoms with Crippen molar-refractivity contribution in [2.75, 3.05) is 4.90 Å². The van der Waals surface area contributed by atoms with Crippen LogP contribution in [0, 0.1) is 12.7 Å². The standard InChI is InChI=1S/C21H18BrClFN3O3/c1-11-3-4-13(7-17(11)24)10-27-18-8-14(23)5-6-15(18)20(22)16(9-19(27)29)21(30)26-25-12(2)28/h3-8H,9-10H2,1-2H3,(H,25,28)(H,26,30). The number of rotatable bonds is 3. The van der Waals surface area contributed by atoms with Gasteiger partial charge in [0.1, 0.15) is 5.82 Å². The first kappa shape index (κ1) is 22.0. The molecule has 0 radical (unpaired) electrons. The summed E-state index contributed by atoms with van der Waals surface area (Å²) in [4.78, 5) is 38.3. The second-order valence-electron chi connectivity index (χ2n) is 6.83. The molecular formula is C21H18BrClFN3O3. The molecule has 0 spiro atoms. The molecule has 0 saturated heterocycles. The van der Waals surface area contributed by atoms with Crippen LogP contribution in [0.4, 0.5) is 10.1 Å². The molecule has 3 amide bonds. The smallest absolute Gasteiger partial charge is 0.267 e. The van der Waals surface area contributed by atoms with Crippen LogP contribution in [0.25, 0.3) is 4.48 Å². The Morgan fingerprint density at radius 3 is 2.60 bits per heavy atom. The number of hydrazine groups is 1. The van der Waals surface area contributed by atoms with Gasteiger partial charge in [-0.25, -0.2) is 4.39 Å². The number of nitrogens with one attached hydrogen (secondary N) is 2. The summed E-state index contributed by atoms with van der Waals surface area (Å²) in [7, 11) is 0. The Hall–Kier alpha value is -2.71. The maximum atomic E-state index is 14.0. The van der Waals surface area contributed by atoms with Crippen LogP contribution in [-0.2, 0) is 20.9 Å². The zero-order valence-corrected chi connectivity index (χ0v) is 18.5. The summed E-state index contributed by atoms with van der Waals surface area (Å²) >= 11 is 9.59. The van der Waals surface area contributed by atoms with Gasteiger partial charge in [-0.3, -0.25) is 25.2 Å². The molecule has 0 saturated carbocycles. The second-order valence-corrected chi connectivity index (χ2v) is 8.06. The Morgan fingerprint density at radius 2 is 1.93 bits per heavy atom. The van der Waals surface area contributed by atoms with E-state index in [0.717, 1.165) is 0 Å². The van der Waals surface area contributed by atoms with E-state index in [-0.39, 0.29) is 30.3 Å². The van der Waals surface area contributed by atoms with Crippen LogP contribution in [0.3, 0.4) is 0 Å². The van der Waals surface area contributed by atoms with Crippen molar-refractivity contribution >= 4 is 55.4 Å². The van der Waals surface area contributed by atoms with Gasteiger partial charge in [-0.1, -0.05) is 29.8 Å². The first-order chi connectivity index (χ1) is 14.2. The van der Waals surface area contributed by atoms with Crippen molar-refractivity contribution in [3.63, 3.8) is 0 Å². The largest absolute Gasteiger partial charge is 0.307 e. The number of nitrogens with zero attached hydrogens (tertiary/aromatic N) is 1. The van der Waals surface area contributed by atoms with Gasteiger partial charge < -0.3 is 4.90 Å². The van der Waals surface area contributed by atoms with Gasteiger partial charge in [0.15, 0.2) is 0 Å². The first-order valence-electron chi connectivity index (χ1n) is 8.98. The fourth-order valence-corrected chi connectivity index (χ4v) is 3.85. The van der Waals surface area contributed by atoms with Crippen molar-refractivity contribution < 1.29 is 18.8 Å². The van der Waals surface area contributed by atoms with Gasteiger partial charge in [-0.05, 0) is 52.2 Å². The lowest BCUT2D eigenvalue weighted by Gasteiger charge is -2.24. The number of halogens is 3.